The van der Waals surface area contributed by atoms with Gasteiger partial charge in [0.25, 0.3) is 0 Å². The number of hydrogen-bond donors (Lipinski definition) is 0. The Morgan fingerprint density at radius 2 is 1.32 bits per heavy atom. The Morgan fingerprint density at radius 1 is 0.842 bits per heavy atom. The smallest absolute Gasteiger partial charge is 0.497 e. The Hall–Kier alpha value is -0.923. The zero-order valence-corrected chi connectivity index (χ0v) is 13.4. The van der Waals surface area contributed by atoms with Crippen molar-refractivity contribution in [3.63, 3.8) is 0 Å². The molecule has 0 aliphatic carbocycles. The van der Waals surface area contributed by atoms with E-state index in [1.165, 1.54) is 21.3 Å². The van der Waals surface area contributed by atoms with E-state index in [-0.39, 0.29) is 0 Å². The number of rotatable bonds is 7. The molecule has 108 valence electrons. The average Bonchev–Trinajstić information content (AvgIpc) is 2.45. The van der Waals surface area contributed by atoms with Crippen molar-refractivity contribution in [3.05, 3.63) is 29.8 Å². The summed E-state index contributed by atoms with van der Waals surface area (Å²) < 4.78 is 27.0. The molecule has 19 heavy (non-hydrogen) atoms. The molecule has 0 aliphatic heterocycles. The van der Waals surface area contributed by atoms with E-state index in [1.54, 1.807) is 7.11 Å². The Labute approximate surface area is 115 Å². The average molecular weight is 286 g/mol. The summed E-state index contributed by atoms with van der Waals surface area (Å²) in [6, 6.07) is 7.66. The van der Waals surface area contributed by atoms with Gasteiger partial charge in [0.2, 0.25) is 0 Å². The zero-order valence-electron chi connectivity index (χ0n) is 12.4. The van der Waals surface area contributed by atoms with Crippen molar-refractivity contribution in [3.8, 4) is 5.75 Å². The summed E-state index contributed by atoms with van der Waals surface area (Å²) in [7, 11) is 3.10. The van der Waals surface area contributed by atoms with E-state index in [0.29, 0.717) is 0 Å². The van der Waals surface area contributed by atoms with Crippen LogP contribution in [0.1, 0.15) is 19.4 Å². The van der Waals surface area contributed by atoms with Crippen molar-refractivity contribution in [2.24, 2.45) is 0 Å². The molecule has 1 rings (SSSR count). The molecule has 0 saturated heterocycles. The van der Waals surface area contributed by atoms with Crippen LogP contribution in [0.25, 0.3) is 0 Å². The highest BCUT2D eigenvalue weighted by Gasteiger charge is 2.47. The normalized spacial score (nSPS) is 12.5. The van der Waals surface area contributed by atoms with Crippen molar-refractivity contribution in [1.29, 1.82) is 0 Å². The van der Waals surface area contributed by atoms with Gasteiger partial charge in [0.1, 0.15) is 5.75 Å². The molecule has 0 spiro atoms. The Balaban J connectivity index is 2.95. The first-order chi connectivity index (χ1) is 8.93. The van der Waals surface area contributed by atoms with Crippen LogP contribution in [-0.2, 0) is 23.3 Å². The fourth-order valence-corrected chi connectivity index (χ4v) is 3.23. The molecule has 0 radical (unpaired) electrons. The predicted molar refractivity (Wildman–Crippen MR) is 73.9 cm³/mol. The Bertz CT molecular complexity index is 378. The lowest BCUT2D eigenvalue weighted by Gasteiger charge is -2.33. The lowest BCUT2D eigenvalue weighted by atomic mass is 9.99. The van der Waals surface area contributed by atoms with Crippen molar-refractivity contribution in [2.75, 3.05) is 28.4 Å². The van der Waals surface area contributed by atoms with Gasteiger partial charge in [0.15, 0.2) is 0 Å². The molecule has 0 N–H and O–H groups in total. The number of hydrogen-bond acceptors (Lipinski definition) is 5. The molecule has 0 heterocycles. The van der Waals surface area contributed by atoms with E-state index in [0.717, 1.165) is 11.3 Å². The van der Waals surface area contributed by atoms with Crippen LogP contribution in [0.5, 0.6) is 5.75 Å². The van der Waals surface area contributed by atoms with E-state index >= 15 is 0 Å². The largest absolute Gasteiger partial charge is 0.679 e. The van der Waals surface area contributed by atoms with Crippen LogP contribution in [-0.4, -0.2) is 37.5 Å². The van der Waals surface area contributed by atoms with Crippen LogP contribution in [0.3, 0.4) is 0 Å². The molecule has 6 heteroatoms. The molecule has 0 fully saturated rings. The first kappa shape index (κ1) is 16.1. The highest BCUT2D eigenvalue weighted by molar-refractivity contribution is 6.53. The van der Waals surface area contributed by atoms with Crippen LogP contribution < -0.4 is 4.74 Å². The second kappa shape index (κ2) is 6.49. The number of ether oxygens (including phenoxy) is 1. The second-order valence-electron chi connectivity index (χ2n) is 4.45. The first-order valence-corrected chi connectivity index (χ1v) is 7.56. The van der Waals surface area contributed by atoms with Crippen LogP contribution in [0, 0.1) is 0 Å². The van der Waals surface area contributed by atoms with Gasteiger partial charge in [-0.25, -0.2) is 0 Å². The summed E-state index contributed by atoms with van der Waals surface area (Å²) in [5, 5.41) is 0. The molecule has 0 bridgehead atoms. The summed E-state index contributed by atoms with van der Waals surface area (Å²) >= 11 is 0. The minimum Gasteiger partial charge on any atom is -0.497 e. The SMILES string of the molecule is COc1ccc(C(C)(C)O[Si](OC)(OC)OC)cc1. The van der Waals surface area contributed by atoms with E-state index in [1.807, 2.05) is 38.1 Å². The van der Waals surface area contributed by atoms with E-state index in [2.05, 4.69) is 0 Å². The minimum absolute atomic E-state index is 0.597. The number of benzene rings is 1. The standard InChI is InChI=1S/C13H22O5Si/c1-13(2,18-19(15-4,16-5)17-6)11-7-9-12(14-3)10-8-11/h7-10H,1-6H3. The van der Waals surface area contributed by atoms with Crippen molar-refractivity contribution >= 4 is 9.05 Å². The fourth-order valence-electron chi connectivity index (χ4n) is 1.74. The maximum atomic E-state index is 5.96. The summed E-state index contributed by atoms with van der Waals surface area (Å²) in [6.45, 7) is 3.88. The van der Waals surface area contributed by atoms with Gasteiger partial charge in [0.05, 0.1) is 12.7 Å². The maximum absolute atomic E-state index is 5.96. The maximum Gasteiger partial charge on any atom is 0.679 e. The third-order valence-electron chi connectivity index (χ3n) is 2.92. The van der Waals surface area contributed by atoms with Gasteiger partial charge in [-0.2, -0.15) is 0 Å². The monoisotopic (exact) mass is 286 g/mol. The van der Waals surface area contributed by atoms with Crippen LogP contribution in [0.2, 0.25) is 0 Å². The van der Waals surface area contributed by atoms with Gasteiger partial charge < -0.3 is 22.4 Å². The van der Waals surface area contributed by atoms with E-state index in [9.17, 15) is 0 Å². The molecule has 0 unspecified atom stereocenters. The molecule has 0 amide bonds. The minimum atomic E-state index is -3.09. The van der Waals surface area contributed by atoms with Gasteiger partial charge in [-0.05, 0) is 31.5 Å². The van der Waals surface area contributed by atoms with Gasteiger partial charge in [-0.1, -0.05) is 12.1 Å². The van der Waals surface area contributed by atoms with Crippen LogP contribution >= 0.6 is 0 Å². The molecule has 5 nitrogen and oxygen atoms in total. The Kier molecular flexibility index (Phi) is 5.51. The molecule has 0 aromatic heterocycles. The molecule has 1 aromatic carbocycles. The van der Waals surface area contributed by atoms with Crippen molar-refractivity contribution < 1.29 is 22.4 Å². The highest BCUT2D eigenvalue weighted by Crippen LogP contribution is 2.30. The molecule has 1 aromatic rings. The lowest BCUT2D eigenvalue weighted by Crippen LogP contribution is -2.51. The molecule has 0 saturated carbocycles. The summed E-state index contributed by atoms with van der Waals surface area (Å²) in [5.41, 5.74) is 0.386. The summed E-state index contributed by atoms with van der Waals surface area (Å²) in [4.78, 5) is 0. The predicted octanol–water partition coefficient (Wildman–Crippen LogP) is 2.32. The van der Waals surface area contributed by atoms with Crippen LogP contribution in [0.15, 0.2) is 24.3 Å². The van der Waals surface area contributed by atoms with Gasteiger partial charge in [-0.3, -0.25) is 0 Å². The molecular formula is C13H22O5Si. The van der Waals surface area contributed by atoms with Crippen LogP contribution in [0.4, 0.5) is 0 Å². The van der Waals surface area contributed by atoms with Gasteiger partial charge >= 0.3 is 9.05 Å². The third-order valence-corrected chi connectivity index (χ3v) is 5.18. The van der Waals surface area contributed by atoms with E-state index in [4.69, 9.17) is 22.4 Å². The van der Waals surface area contributed by atoms with E-state index < -0.39 is 14.6 Å². The first-order valence-electron chi connectivity index (χ1n) is 5.93. The fraction of sp³-hybridized carbons (Fsp3) is 0.538. The number of methoxy groups -OCH3 is 1. The second-order valence-corrected chi connectivity index (χ2v) is 6.88. The lowest BCUT2D eigenvalue weighted by molar-refractivity contribution is -0.0587. The highest BCUT2D eigenvalue weighted by atomic mass is 28.4. The Morgan fingerprint density at radius 3 is 1.68 bits per heavy atom. The van der Waals surface area contributed by atoms with Gasteiger partial charge in [0, 0.05) is 21.3 Å². The third kappa shape index (κ3) is 3.77. The topological polar surface area (TPSA) is 46.2 Å². The molecule has 0 aliphatic rings. The quantitative estimate of drug-likeness (QED) is 0.720. The van der Waals surface area contributed by atoms with Gasteiger partial charge in [-0.15, -0.1) is 0 Å². The molecule has 0 atom stereocenters. The van der Waals surface area contributed by atoms with Crippen molar-refractivity contribution in [1.82, 2.24) is 0 Å². The molecular weight excluding hydrogens is 264 g/mol. The zero-order chi connectivity index (χ0) is 14.5. The van der Waals surface area contributed by atoms with Crippen molar-refractivity contribution in [2.45, 2.75) is 19.4 Å². The summed E-state index contributed by atoms with van der Waals surface area (Å²) in [5.74, 6) is 0.799. The summed E-state index contributed by atoms with van der Waals surface area (Å²) in [6.07, 6.45) is 0.